The van der Waals surface area contributed by atoms with Crippen LogP contribution in [0.3, 0.4) is 0 Å². The minimum absolute atomic E-state index is 0.371. The Morgan fingerprint density at radius 2 is 1.80 bits per heavy atom. The summed E-state index contributed by atoms with van der Waals surface area (Å²) in [5, 5.41) is 0. The first-order chi connectivity index (χ1) is 9.63. The Hall–Kier alpha value is -1.10. The Balaban J connectivity index is 3.12. The predicted octanol–water partition coefficient (Wildman–Crippen LogP) is 2.63. The van der Waals surface area contributed by atoms with Crippen molar-refractivity contribution in [3.8, 4) is 0 Å². The summed E-state index contributed by atoms with van der Waals surface area (Å²) in [7, 11) is 3.32. The molecule has 2 N–H and O–H groups in total. The van der Waals surface area contributed by atoms with Crippen LogP contribution in [0.25, 0.3) is 0 Å². The summed E-state index contributed by atoms with van der Waals surface area (Å²) in [6.45, 7) is 5.66. The second-order valence-corrected chi connectivity index (χ2v) is 5.21. The Bertz CT molecular complexity index is 368. The van der Waals surface area contributed by atoms with Gasteiger partial charge in [0.15, 0.2) is 6.29 Å². The van der Waals surface area contributed by atoms with Crippen LogP contribution in [0.5, 0.6) is 0 Å². The van der Waals surface area contributed by atoms with E-state index in [0.29, 0.717) is 6.54 Å². The molecule has 0 aromatic heterocycles. The van der Waals surface area contributed by atoms with Gasteiger partial charge in [-0.05, 0) is 25.5 Å². The van der Waals surface area contributed by atoms with Crippen molar-refractivity contribution in [3.63, 3.8) is 0 Å². The van der Waals surface area contributed by atoms with Crippen molar-refractivity contribution < 1.29 is 9.47 Å². The van der Waals surface area contributed by atoms with Gasteiger partial charge in [0.05, 0.1) is 0 Å². The molecule has 1 atom stereocenters. The normalized spacial score (nSPS) is 14.3. The molecule has 4 nitrogen and oxygen atoms in total. The van der Waals surface area contributed by atoms with Gasteiger partial charge in [-0.25, -0.2) is 0 Å². The van der Waals surface area contributed by atoms with Gasteiger partial charge in [0.1, 0.15) is 5.54 Å². The average molecular weight is 280 g/mol. The minimum atomic E-state index is -0.403. The largest absolute Gasteiger partial charge is 0.360 e. The standard InChI is InChI=1S/C16H28N2O2/c1-5-6-12-18(14-10-8-7-9-11-14)16(2,13-17)15(19-3)20-4/h7-11,15H,5-6,12-13,17H2,1-4H3. The van der Waals surface area contributed by atoms with Gasteiger partial charge in [-0.3, -0.25) is 0 Å². The van der Waals surface area contributed by atoms with E-state index in [4.69, 9.17) is 15.2 Å². The average Bonchev–Trinajstić information content (AvgIpc) is 2.49. The lowest BCUT2D eigenvalue weighted by Crippen LogP contribution is -2.61. The van der Waals surface area contributed by atoms with Gasteiger partial charge in [-0.1, -0.05) is 31.5 Å². The van der Waals surface area contributed by atoms with Crippen molar-refractivity contribution in [2.75, 3.05) is 32.2 Å². The van der Waals surface area contributed by atoms with Gasteiger partial charge in [0, 0.05) is 33.0 Å². The highest BCUT2D eigenvalue weighted by Crippen LogP contribution is 2.28. The lowest BCUT2D eigenvalue weighted by Gasteiger charge is -2.45. The Morgan fingerprint density at radius 1 is 1.20 bits per heavy atom. The van der Waals surface area contributed by atoms with Crippen molar-refractivity contribution in [1.82, 2.24) is 0 Å². The van der Waals surface area contributed by atoms with E-state index in [9.17, 15) is 0 Å². The molecule has 0 aliphatic rings. The van der Waals surface area contributed by atoms with Crippen LogP contribution in [-0.4, -0.2) is 39.1 Å². The number of methoxy groups -OCH3 is 2. The third kappa shape index (κ3) is 3.72. The van der Waals surface area contributed by atoms with E-state index in [2.05, 4.69) is 30.9 Å². The molecule has 1 rings (SSSR count). The van der Waals surface area contributed by atoms with Gasteiger partial charge in [-0.2, -0.15) is 0 Å². The van der Waals surface area contributed by atoms with Crippen molar-refractivity contribution in [2.24, 2.45) is 5.73 Å². The number of unbranched alkanes of at least 4 members (excludes halogenated alkanes) is 1. The summed E-state index contributed by atoms with van der Waals surface area (Å²) in [4.78, 5) is 2.30. The van der Waals surface area contributed by atoms with Crippen LogP contribution in [0, 0.1) is 0 Å². The second kappa shape index (κ2) is 8.25. The van der Waals surface area contributed by atoms with Crippen molar-refractivity contribution in [2.45, 2.75) is 38.5 Å². The van der Waals surface area contributed by atoms with E-state index < -0.39 is 5.54 Å². The fourth-order valence-corrected chi connectivity index (χ4v) is 2.54. The summed E-state index contributed by atoms with van der Waals surface area (Å²) in [6, 6.07) is 10.3. The first-order valence-electron chi connectivity index (χ1n) is 7.22. The Morgan fingerprint density at radius 3 is 2.25 bits per heavy atom. The highest BCUT2D eigenvalue weighted by molar-refractivity contribution is 5.49. The number of anilines is 1. The molecule has 0 bridgehead atoms. The second-order valence-electron chi connectivity index (χ2n) is 5.21. The van der Waals surface area contributed by atoms with Gasteiger partial charge in [0.25, 0.3) is 0 Å². The molecule has 0 radical (unpaired) electrons. The number of rotatable bonds is 9. The molecular weight excluding hydrogens is 252 g/mol. The number of hydrogen-bond donors (Lipinski definition) is 1. The van der Waals surface area contributed by atoms with E-state index in [1.54, 1.807) is 14.2 Å². The molecule has 0 fully saturated rings. The van der Waals surface area contributed by atoms with Crippen LogP contribution in [0.15, 0.2) is 30.3 Å². The fourth-order valence-electron chi connectivity index (χ4n) is 2.54. The van der Waals surface area contributed by atoms with E-state index in [1.165, 1.54) is 0 Å². The van der Waals surface area contributed by atoms with E-state index >= 15 is 0 Å². The zero-order chi connectivity index (χ0) is 15.0. The van der Waals surface area contributed by atoms with Crippen molar-refractivity contribution in [3.05, 3.63) is 30.3 Å². The van der Waals surface area contributed by atoms with Crippen LogP contribution in [0.1, 0.15) is 26.7 Å². The number of nitrogens with zero attached hydrogens (tertiary/aromatic N) is 1. The minimum Gasteiger partial charge on any atom is -0.360 e. The smallest absolute Gasteiger partial charge is 0.180 e. The Kier molecular flexibility index (Phi) is 6.99. The maximum atomic E-state index is 6.07. The molecule has 0 saturated heterocycles. The molecule has 0 aliphatic carbocycles. The van der Waals surface area contributed by atoms with E-state index in [-0.39, 0.29) is 6.29 Å². The zero-order valence-corrected chi connectivity index (χ0v) is 13.1. The molecule has 4 heteroatoms. The molecule has 20 heavy (non-hydrogen) atoms. The van der Waals surface area contributed by atoms with Crippen molar-refractivity contribution in [1.29, 1.82) is 0 Å². The zero-order valence-electron chi connectivity index (χ0n) is 13.1. The van der Waals surface area contributed by atoms with Gasteiger partial charge >= 0.3 is 0 Å². The highest BCUT2D eigenvalue weighted by atomic mass is 16.7. The fraction of sp³-hybridized carbons (Fsp3) is 0.625. The predicted molar refractivity (Wildman–Crippen MR) is 84.0 cm³/mol. The van der Waals surface area contributed by atoms with Crippen LogP contribution in [0.4, 0.5) is 5.69 Å². The molecule has 0 heterocycles. The van der Waals surface area contributed by atoms with Crippen LogP contribution in [0.2, 0.25) is 0 Å². The lowest BCUT2D eigenvalue weighted by molar-refractivity contribution is -0.141. The summed E-state index contributed by atoms with van der Waals surface area (Å²) in [6.07, 6.45) is 1.86. The molecule has 1 unspecified atom stereocenters. The maximum Gasteiger partial charge on any atom is 0.180 e. The third-order valence-electron chi connectivity index (χ3n) is 3.77. The number of para-hydroxylation sites is 1. The molecular formula is C16H28N2O2. The molecule has 1 aromatic rings. The number of benzene rings is 1. The van der Waals surface area contributed by atoms with E-state index in [1.807, 2.05) is 18.2 Å². The van der Waals surface area contributed by atoms with Crippen LogP contribution >= 0.6 is 0 Å². The highest BCUT2D eigenvalue weighted by Gasteiger charge is 2.39. The topological polar surface area (TPSA) is 47.7 Å². The molecule has 0 amide bonds. The van der Waals surface area contributed by atoms with Crippen LogP contribution < -0.4 is 10.6 Å². The third-order valence-corrected chi connectivity index (χ3v) is 3.77. The maximum absolute atomic E-state index is 6.07. The summed E-state index contributed by atoms with van der Waals surface area (Å²) >= 11 is 0. The first-order valence-corrected chi connectivity index (χ1v) is 7.22. The first kappa shape index (κ1) is 17.0. The summed E-state index contributed by atoms with van der Waals surface area (Å²) in [5.41, 5.74) is 6.81. The quantitative estimate of drug-likeness (QED) is 0.706. The monoisotopic (exact) mass is 280 g/mol. The number of nitrogens with two attached hydrogens (primary N) is 1. The van der Waals surface area contributed by atoms with Crippen molar-refractivity contribution >= 4 is 5.69 Å². The van der Waals surface area contributed by atoms with Gasteiger partial charge < -0.3 is 20.1 Å². The number of ether oxygens (including phenoxy) is 2. The van der Waals surface area contributed by atoms with E-state index in [0.717, 1.165) is 25.1 Å². The molecule has 0 aliphatic heterocycles. The Labute approximate surface area is 122 Å². The van der Waals surface area contributed by atoms with Gasteiger partial charge in [-0.15, -0.1) is 0 Å². The lowest BCUT2D eigenvalue weighted by atomic mass is 9.97. The molecule has 1 aromatic carbocycles. The SMILES string of the molecule is CCCCN(c1ccccc1)C(C)(CN)C(OC)OC. The number of hydrogen-bond acceptors (Lipinski definition) is 4. The molecule has 0 saturated carbocycles. The van der Waals surface area contributed by atoms with Crippen LogP contribution in [-0.2, 0) is 9.47 Å². The van der Waals surface area contributed by atoms with Gasteiger partial charge in [0.2, 0.25) is 0 Å². The summed E-state index contributed by atoms with van der Waals surface area (Å²) in [5.74, 6) is 0. The molecule has 0 spiro atoms. The molecule has 114 valence electrons. The summed E-state index contributed by atoms with van der Waals surface area (Å²) < 4.78 is 11.0.